The minimum absolute atomic E-state index is 0.276. The second-order valence-corrected chi connectivity index (χ2v) is 6.31. The van der Waals surface area contributed by atoms with Crippen LogP contribution in [0.25, 0.3) is 0 Å². The second kappa shape index (κ2) is 5.32. The van der Waals surface area contributed by atoms with Crippen molar-refractivity contribution in [2.45, 2.75) is 32.3 Å². The van der Waals surface area contributed by atoms with E-state index in [2.05, 4.69) is 22.1 Å². The molecule has 2 rings (SSSR count). The van der Waals surface area contributed by atoms with Crippen LogP contribution in [-0.2, 0) is 12.8 Å². The third kappa shape index (κ3) is 3.47. The normalized spacial score (nSPS) is 23.2. The Morgan fingerprint density at radius 2 is 2.53 bits per heavy atom. The molecule has 84 valence electrons. The lowest BCUT2D eigenvalue weighted by Crippen LogP contribution is -2.05. The van der Waals surface area contributed by atoms with Gasteiger partial charge in [0, 0.05) is 18.2 Å². The first-order chi connectivity index (χ1) is 7.24. The predicted octanol–water partition coefficient (Wildman–Crippen LogP) is 2.36. The fraction of sp³-hybridized carbons (Fsp3) is 0.727. The van der Waals surface area contributed by atoms with Crippen LogP contribution in [-0.4, -0.2) is 27.7 Å². The van der Waals surface area contributed by atoms with Crippen molar-refractivity contribution in [1.82, 2.24) is 4.98 Å². The van der Waals surface area contributed by atoms with E-state index < -0.39 is 0 Å². The molecule has 1 aliphatic heterocycles. The third-order valence-corrected chi connectivity index (χ3v) is 4.74. The molecular weight excluding hydrogens is 226 g/mol. The summed E-state index contributed by atoms with van der Waals surface area (Å²) in [6.45, 7) is 1.81. The first kappa shape index (κ1) is 11.4. The highest BCUT2D eigenvalue weighted by Crippen LogP contribution is 2.27. The van der Waals surface area contributed by atoms with Crippen molar-refractivity contribution in [2.24, 2.45) is 5.92 Å². The molecule has 0 amide bonds. The van der Waals surface area contributed by atoms with Crippen molar-refractivity contribution in [2.75, 3.05) is 11.5 Å². The van der Waals surface area contributed by atoms with Crippen LogP contribution in [0.3, 0.4) is 0 Å². The van der Waals surface area contributed by atoms with E-state index in [0.29, 0.717) is 6.42 Å². The van der Waals surface area contributed by atoms with Gasteiger partial charge in [0.05, 0.1) is 16.8 Å². The average molecular weight is 243 g/mol. The standard InChI is InChI=1S/C11H17NOS2/c1-8(13)4-10-7-15-11(12-10)5-9-2-3-14-6-9/h7-9,13H,2-6H2,1H3. The van der Waals surface area contributed by atoms with Crippen molar-refractivity contribution >= 4 is 23.1 Å². The lowest BCUT2D eigenvalue weighted by Gasteiger charge is -2.04. The van der Waals surface area contributed by atoms with E-state index in [0.717, 1.165) is 18.0 Å². The van der Waals surface area contributed by atoms with E-state index in [1.165, 1.54) is 22.9 Å². The molecule has 0 spiro atoms. The molecule has 0 aromatic carbocycles. The van der Waals surface area contributed by atoms with Gasteiger partial charge >= 0.3 is 0 Å². The molecule has 0 radical (unpaired) electrons. The lowest BCUT2D eigenvalue weighted by atomic mass is 10.1. The maximum absolute atomic E-state index is 9.26. The van der Waals surface area contributed by atoms with Crippen LogP contribution in [0, 0.1) is 5.92 Å². The summed E-state index contributed by atoms with van der Waals surface area (Å²) >= 11 is 3.80. The van der Waals surface area contributed by atoms with E-state index in [1.807, 2.05) is 6.92 Å². The van der Waals surface area contributed by atoms with E-state index in [-0.39, 0.29) is 6.10 Å². The van der Waals surface area contributed by atoms with Gasteiger partial charge in [-0.1, -0.05) is 0 Å². The summed E-state index contributed by atoms with van der Waals surface area (Å²) in [7, 11) is 0. The Morgan fingerprint density at radius 1 is 1.67 bits per heavy atom. The molecule has 2 nitrogen and oxygen atoms in total. The first-order valence-corrected chi connectivity index (χ1v) is 7.46. The maximum atomic E-state index is 9.26. The van der Waals surface area contributed by atoms with Gasteiger partial charge in [0.15, 0.2) is 0 Å². The second-order valence-electron chi connectivity index (χ2n) is 4.22. The number of thiazole rings is 1. The minimum Gasteiger partial charge on any atom is -0.393 e. The van der Waals surface area contributed by atoms with Crippen LogP contribution < -0.4 is 0 Å². The number of aromatic nitrogens is 1. The molecule has 2 atom stereocenters. The van der Waals surface area contributed by atoms with Gasteiger partial charge in [0.25, 0.3) is 0 Å². The van der Waals surface area contributed by atoms with Crippen molar-refractivity contribution < 1.29 is 5.11 Å². The molecule has 1 N–H and O–H groups in total. The molecule has 2 unspecified atom stereocenters. The summed E-state index contributed by atoms with van der Waals surface area (Å²) in [5.41, 5.74) is 1.05. The molecule has 1 aromatic heterocycles. The zero-order chi connectivity index (χ0) is 10.7. The minimum atomic E-state index is -0.276. The maximum Gasteiger partial charge on any atom is 0.0931 e. The summed E-state index contributed by atoms with van der Waals surface area (Å²) in [6, 6.07) is 0. The zero-order valence-corrected chi connectivity index (χ0v) is 10.6. The van der Waals surface area contributed by atoms with Crippen LogP contribution in [0.5, 0.6) is 0 Å². The van der Waals surface area contributed by atoms with Crippen LogP contribution in [0.4, 0.5) is 0 Å². The van der Waals surface area contributed by atoms with E-state index in [4.69, 9.17) is 0 Å². The monoisotopic (exact) mass is 243 g/mol. The molecule has 1 aliphatic rings. The largest absolute Gasteiger partial charge is 0.393 e. The topological polar surface area (TPSA) is 33.1 Å². The predicted molar refractivity (Wildman–Crippen MR) is 66.6 cm³/mol. The number of hydrogen-bond acceptors (Lipinski definition) is 4. The summed E-state index contributed by atoms with van der Waals surface area (Å²) < 4.78 is 0. The number of aliphatic hydroxyl groups excluding tert-OH is 1. The average Bonchev–Trinajstić information content (AvgIpc) is 2.77. The van der Waals surface area contributed by atoms with Gasteiger partial charge in [-0.2, -0.15) is 11.8 Å². The van der Waals surface area contributed by atoms with Gasteiger partial charge in [0.2, 0.25) is 0 Å². The number of thioether (sulfide) groups is 1. The molecule has 0 aliphatic carbocycles. The Kier molecular flexibility index (Phi) is 4.05. The van der Waals surface area contributed by atoms with Crippen molar-refractivity contribution in [3.63, 3.8) is 0 Å². The molecule has 4 heteroatoms. The first-order valence-electron chi connectivity index (χ1n) is 5.43. The van der Waals surface area contributed by atoms with Gasteiger partial charge in [-0.3, -0.25) is 0 Å². The van der Waals surface area contributed by atoms with Gasteiger partial charge in [-0.25, -0.2) is 4.98 Å². The number of rotatable bonds is 4. The van der Waals surface area contributed by atoms with Gasteiger partial charge in [-0.05, 0) is 30.8 Å². The number of nitrogens with zero attached hydrogens (tertiary/aromatic N) is 1. The molecule has 1 aromatic rings. The van der Waals surface area contributed by atoms with Gasteiger partial charge in [0.1, 0.15) is 0 Å². The number of aliphatic hydroxyl groups is 1. The fourth-order valence-electron chi connectivity index (χ4n) is 1.83. The highest BCUT2D eigenvalue weighted by Gasteiger charge is 2.17. The van der Waals surface area contributed by atoms with E-state index in [1.54, 1.807) is 11.3 Å². The molecule has 0 saturated carbocycles. The number of hydrogen-bond donors (Lipinski definition) is 1. The zero-order valence-electron chi connectivity index (χ0n) is 8.98. The van der Waals surface area contributed by atoms with Crippen LogP contribution in [0.2, 0.25) is 0 Å². The molecule has 2 heterocycles. The fourth-order valence-corrected chi connectivity index (χ4v) is 4.04. The van der Waals surface area contributed by atoms with E-state index in [9.17, 15) is 5.11 Å². The van der Waals surface area contributed by atoms with E-state index >= 15 is 0 Å². The van der Waals surface area contributed by atoms with Gasteiger partial charge < -0.3 is 5.11 Å². The molecule has 1 fully saturated rings. The molecular formula is C11H17NOS2. The molecule has 0 bridgehead atoms. The van der Waals surface area contributed by atoms with Crippen LogP contribution in [0.15, 0.2) is 5.38 Å². The van der Waals surface area contributed by atoms with Crippen molar-refractivity contribution in [3.8, 4) is 0 Å². The van der Waals surface area contributed by atoms with Crippen molar-refractivity contribution in [3.05, 3.63) is 16.1 Å². The summed E-state index contributed by atoms with van der Waals surface area (Å²) in [5, 5.41) is 12.6. The Balaban J connectivity index is 1.88. The molecule has 15 heavy (non-hydrogen) atoms. The summed E-state index contributed by atoms with van der Waals surface area (Å²) in [6.07, 6.45) is 2.89. The SMILES string of the molecule is CC(O)Cc1csc(CC2CCSC2)n1. The van der Waals surface area contributed by atoms with Crippen LogP contribution in [0.1, 0.15) is 24.0 Å². The Hall–Kier alpha value is -0.0600. The van der Waals surface area contributed by atoms with Crippen molar-refractivity contribution in [1.29, 1.82) is 0 Å². The lowest BCUT2D eigenvalue weighted by molar-refractivity contribution is 0.194. The highest BCUT2D eigenvalue weighted by atomic mass is 32.2. The Bertz CT molecular complexity index is 305. The summed E-state index contributed by atoms with van der Waals surface area (Å²) in [4.78, 5) is 4.56. The summed E-state index contributed by atoms with van der Waals surface area (Å²) in [5.74, 6) is 3.45. The van der Waals surface area contributed by atoms with Gasteiger partial charge in [-0.15, -0.1) is 11.3 Å². The Labute approximate surface area is 99.1 Å². The molecule has 1 saturated heterocycles. The highest BCUT2D eigenvalue weighted by molar-refractivity contribution is 7.99. The quantitative estimate of drug-likeness (QED) is 0.881. The van der Waals surface area contributed by atoms with Crippen LogP contribution >= 0.6 is 23.1 Å². The smallest absolute Gasteiger partial charge is 0.0931 e. The Morgan fingerprint density at radius 3 is 3.20 bits per heavy atom. The third-order valence-electron chi connectivity index (χ3n) is 2.59.